The van der Waals surface area contributed by atoms with Crippen molar-refractivity contribution < 1.29 is 4.74 Å². The summed E-state index contributed by atoms with van der Waals surface area (Å²) in [5.74, 6) is 0. The summed E-state index contributed by atoms with van der Waals surface area (Å²) in [6, 6.07) is 11.0. The smallest absolute Gasteiger partial charge is 0.0623 e. The van der Waals surface area contributed by atoms with Gasteiger partial charge in [-0.25, -0.2) is 0 Å². The van der Waals surface area contributed by atoms with Crippen molar-refractivity contribution in [2.24, 2.45) is 5.73 Å². The highest BCUT2D eigenvalue weighted by molar-refractivity contribution is 5.33. The fraction of sp³-hybridized carbons (Fsp3) is 0.625. The van der Waals surface area contributed by atoms with Crippen molar-refractivity contribution in [1.82, 2.24) is 0 Å². The first-order valence-electron chi connectivity index (χ1n) is 6.86. The van der Waals surface area contributed by atoms with Crippen LogP contribution in [0.1, 0.15) is 45.1 Å². The van der Waals surface area contributed by atoms with E-state index in [0.717, 1.165) is 12.8 Å². The van der Waals surface area contributed by atoms with Crippen LogP contribution >= 0.6 is 0 Å². The van der Waals surface area contributed by atoms with Gasteiger partial charge in [0, 0.05) is 18.6 Å². The molecule has 0 radical (unpaired) electrons. The predicted molar refractivity (Wildman–Crippen MR) is 75.7 cm³/mol. The SMILES string of the molecule is COC(C)(C)CCC(N)C1(c2ccccc2)CC1. The van der Waals surface area contributed by atoms with Crippen LogP contribution in [0.2, 0.25) is 0 Å². The maximum atomic E-state index is 6.45. The highest BCUT2D eigenvalue weighted by atomic mass is 16.5. The van der Waals surface area contributed by atoms with E-state index in [4.69, 9.17) is 10.5 Å². The Morgan fingerprint density at radius 3 is 2.39 bits per heavy atom. The summed E-state index contributed by atoms with van der Waals surface area (Å²) in [6.07, 6.45) is 4.49. The molecule has 100 valence electrons. The van der Waals surface area contributed by atoms with Crippen LogP contribution in [0.15, 0.2) is 30.3 Å². The summed E-state index contributed by atoms with van der Waals surface area (Å²) in [5, 5.41) is 0. The molecule has 1 aliphatic rings. The normalized spacial score (nSPS) is 19.6. The molecule has 0 heterocycles. The minimum absolute atomic E-state index is 0.0651. The molecule has 1 atom stereocenters. The van der Waals surface area contributed by atoms with E-state index in [1.54, 1.807) is 7.11 Å². The van der Waals surface area contributed by atoms with Crippen molar-refractivity contribution in [2.45, 2.75) is 56.6 Å². The lowest BCUT2D eigenvalue weighted by Crippen LogP contribution is -2.37. The Hall–Kier alpha value is -0.860. The third kappa shape index (κ3) is 2.76. The van der Waals surface area contributed by atoms with Gasteiger partial charge in [-0.1, -0.05) is 30.3 Å². The van der Waals surface area contributed by atoms with Crippen LogP contribution in [-0.2, 0) is 10.2 Å². The van der Waals surface area contributed by atoms with Crippen LogP contribution in [0.4, 0.5) is 0 Å². The molecule has 1 aliphatic carbocycles. The molecule has 2 heteroatoms. The van der Waals surface area contributed by atoms with Crippen LogP contribution in [-0.4, -0.2) is 18.8 Å². The first kappa shape index (κ1) is 13.6. The summed E-state index contributed by atoms with van der Waals surface area (Å²) in [4.78, 5) is 0. The first-order chi connectivity index (χ1) is 8.50. The van der Waals surface area contributed by atoms with E-state index >= 15 is 0 Å². The molecule has 2 nitrogen and oxygen atoms in total. The molecular formula is C16H25NO. The van der Waals surface area contributed by atoms with Gasteiger partial charge < -0.3 is 10.5 Å². The molecule has 2 rings (SSSR count). The fourth-order valence-corrected chi connectivity index (χ4v) is 2.66. The molecule has 1 aromatic carbocycles. The number of rotatable bonds is 6. The highest BCUT2D eigenvalue weighted by Crippen LogP contribution is 2.51. The van der Waals surface area contributed by atoms with Crippen LogP contribution in [0.25, 0.3) is 0 Å². The second-order valence-corrected chi connectivity index (χ2v) is 6.13. The van der Waals surface area contributed by atoms with E-state index in [1.807, 2.05) is 0 Å². The molecule has 0 aliphatic heterocycles. The van der Waals surface area contributed by atoms with Crippen molar-refractivity contribution in [3.05, 3.63) is 35.9 Å². The zero-order chi connectivity index (χ0) is 13.2. The average molecular weight is 247 g/mol. The Kier molecular flexibility index (Phi) is 3.79. The quantitative estimate of drug-likeness (QED) is 0.837. The zero-order valence-electron chi connectivity index (χ0n) is 11.8. The molecular weight excluding hydrogens is 222 g/mol. The molecule has 0 saturated heterocycles. The monoisotopic (exact) mass is 247 g/mol. The van der Waals surface area contributed by atoms with Crippen LogP contribution in [0, 0.1) is 0 Å². The minimum atomic E-state index is -0.0651. The Balaban J connectivity index is 1.99. The van der Waals surface area contributed by atoms with Crippen molar-refractivity contribution in [1.29, 1.82) is 0 Å². The van der Waals surface area contributed by atoms with Crippen molar-refractivity contribution >= 4 is 0 Å². The maximum Gasteiger partial charge on any atom is 0.0623 e. The van der Waals surface area contributed by atoms with Crippen molar-refractivity contribution in [3.8, 4) is 0 Å². The van der Waals surface area contributed by atoms with Gasteiger partial charge in [-0.2, -0.15) is 0 Å². The van der Waals surface area contributed by atoms with Gasteiger partial charge in [0.1, 0.15) is 0 Å². The summed E-state index contributed by atoms with van der Waals surface area (Å²) in [6.45, 7) is 4.25. The Labute approximate surface area is 111 Å². The van der Waals surface area contributed by atoms with Crippen LogP contribution < -0.4 is 5.73 Å². The Morgan fingerprint density at radius 2 is 1.89 bits per heavy atom. The van der Waals surface area contributed by atoms with E-state index in [1.165, 1.54) is 18.4 Å². The lowest BCUT2D eigenvalue weighted by Gasteiger charge is -2.28. The second-order valence-electron chi connectivity index (χ2n) is 6.13. The van der Waals surface area contributed by atoms with E-state index in [0.29, 0.717) is 0 Å². The number of nitrogens with two attached hydrogens (primary N) is 1. The lowest BCUT2D eigenvalue weighted by atomic mass is 9.84. The average Bonchev–Trinajstić information content (AvgIpc) is 3.19. The van der Waals surface area contributed by atoms with Crippen molar-refractivity contribution in [2.75, 3.05) is 7.11 Å². The molecule has 1 unspecified atom stereocenters. The molecule has 1 saturated carbocycles. The summed E-state index contributed by atoms with van der Waals surface area (Å²) >= 11 is 0. The van der Waals surface area contributed by atoms with Crippen molar-refractivity contribution in [3.63, 3.8) is 0 Å². The summed E-state index contributed by atoms with van der Waals surface area (Å²) in [5.41, 5.74) is 8.04. The third-order valence-electron chi connectivity index (χ3n) is 4.46. The Bertz CT molecular complexity index is 381. The third-order valence-corrected chi connectivity index (χ3v) is 4.46. The maximum absolute atomic E-state index is 6.45. The summed E-state index contributed by atoms with van der Waals surface area (Å²) in [7, 11) is 1.77. The van der Waals surface area contributed by atoms with E-state index < -0.39 is 0 Å². The van der Waals surface area contributed by atoms with Gasteiger partial charge in [0.05, 0.1) is 5.60 Å². The predicted octanol–water partition coefficient (Wildman–Crippen LogP) is 3.25. The van der Waals surface area contributed by atoms with E-state index in [2.05, 4.69) is 44.2 Å². The largest absolute Gasteiger partial charge is 0.379 e. The second kappa shape index (κ2) is 5.02. The van der Waals surface area contributed by atoms with Gasteiger partial charge in [-0.15, -0.1) is 0 Å². The lowest BCUT2D eigenvalue weighted by molar-refractivity contribution is 0.0117. The van der Waals surface area contributed by atoms with Crippen LogP contribution in [0.5, 0.6) is 0 Å². The molecule has 1 aromatic rings. The topological polar surface area (TPSA) is 35.2 Å². The zero-order valence-corrected chi connectivity index (χ0v) is 11.8. The summed E-state index contributed by atoms with van der Waals surface area (Å²) < 4.78 is 5.47. The molecule has 18 heavy (non-hydrogen) atoms. The van der Waals surface area contributed by atoms with Gasteiger partial charge in [0.15, 0.2) is 0 Å². The fourth-order valence-electron chi connectivity index (χ4n) is 2.66. The minimum Gasteiger partial charge on any atom is -0.379 e. The van der Waals surface area contributed by atoms with E-state index in [9.17, 15) is 0 Å². The van der Waals surface area contributed by atoms with Crippen LogP contribution in [0.3, 0.4) is 0 Å². The first-order valence-corrected chi connectivity index (χ1v) is 6.86. The van der Waals surface area contributed by atoms with Gasteiger partial charge in [0.2, 0.25) is 0 Å². The number of methoxy groups -OCH3 is 1. The van der Waals surface area contributed by atoms with E-state index in [-0.39, 0.29) is 17.1 Å². The van der Waals surface area contributed by atoms with Gasteiger partial charge in [-0.05, 0) is 45.1 Å². The molecule has 0 bridgehead atoms. The number of benzene rings is 1. The molecule has 0 amide bonds. The molecule has 1 fully saturated rings. The molecule has 0 spiro atoms. The highest BCUT2D eigenvalue weighted by Gasteiger charge is 2.48. The number of ether oxygens (including phenoxy) is 1. The van der Waals surface area contributed by atoms with Gasteiger partial charge >= 0.3 is 0 Å². The Morgan fingerprint density at radius 1 is 1.28 bits per heavy atom. The number of hydrogen-bond acceptors (Lipinski definition) is 2. The number of hydrogen-bond donors (Lipinski definition) is 1. The van der Waals surface area contributed by atoms with Gasteiger partial charge in [-0.3, -0.25) is 0 Å². The van der Waals surface area contributed by atoms with Gasteiger partial charge in [0.25, 0.3) is 0 Å². The molecule has 0 aromatic heterocycles. The molecule has 2 N–H and O–H groups in total. The standard InChI is InChI=1S/C16H25NO/c1-15(2,18-3)10-9-14(17)16(11-12-16)13-7-5-4-6-8-13/h4-8,14H,9-12,17H2,1-3H3.